The van der Waals surface area contributed by atoms with Gasteiger partial charge in [-0.25, -0.2) is 4.99 Å². The van der Waals surface area contributed by atoms with Crippen molar-refractivity contribution < 1.29 is 19.4 Å². The van der Waals surface area contributed by atoms with E-state index in [0.29, 0.717) is 52.4 Å². The minimum Gasteiger partial charge on any atom is -0.494 e. The van der Waals surface area contributed by atoms with Crippen LogP contribution < -0.4 is 10.1 Å². The van der Waals surface area contributed by atoms with E-state index in [-0.39, 0.29) is 24.9 Å². The highest BCUT2D eigenvalue weighted by Gasteiger charge is 2.54. The highest BCUT2D eigenvalue weighted by Crippen LogP contribution is 2.45. The third-order valence-electron chi connectivity index (χ3n) is 8.46. The van der Waals surface area contributed by atoms with E-state index < -0.39 is 11.6 Å². The Balaban J connectivity index is 1.41. The number of aliphatic hydroxyl groups excluding tert-OH is 1. The molecule has 0 unspecified atom stereocenters. The van der Waals surface area contributed by atoms with Crippen LogP contribution in [0.2, 0.25) is 10.0 Å². The average molecular weight is 680 g/mol. The van der Waals surface area contributed by atoms with Gasteiger partial charge in [0.2, 0.25) is 5.90 Å². The van der Waals surface area contributed by atoms with Crippen molar-refractivity contribution >= 4 is 35.0 Å². The number of halogens is 2. The standard InChI is InChI=1S/C40H36Cl2N2O4/c41-32-19-22-34(36(42)25-32)37-40(26-28-11-4-1-5-12-28,44-38(48-37)31-17-20-33(21-18-31)47-24-10-23-45)39(46)43-27-35(29-13-6-2-7-14-29)30-15-8-3-9-16-30/h1-9,11-22,25,35,37,45H,10,23-24,26-27H2,(H,43,46)/t37-,40-/m1/s1. The van der Waals surface area contributed by atoms with Gasteiger partial charge < -0.3 is 19.9 Å². The number of hydrogen-bond donors (Lipinski definition) is 2. The highest BCUT2D eigenvalue weighted by molar-refractivity contribution is 6.35. The Morgan fingerprint density at radius 1 is 0.854 bits per heavy atom. The lowest BCUT2D eigenvalue weighted by Crippen LogP contribution is -2.50. The Labute approximate surface area is 291 Å². The summed E-state index contributed by atoms with van der Waals surface area (Å²) in [6, 6.07) is 42.7. The van der Waals surface area contributed by atoms with Gasteiger partial charge in [-0.3, -0.25) is 4.79 Å². The molecule has 1 heterocycles. The number of aliphatic imine (C=N–C) groups is 1. The van der Waals surface area contributed by atoms with E-state index in [9.17, 15) is 4.79 Å². The summed E-state index contributed by atoms with van der Waals surface area (Å²) < 4.78 is 12.4. The van der Waals surface area contributed by atoms with Crippen LogP contribution in [-0.2, 0) is 16.0 Å². The number of carbonyl (C=O) groups is 1. The fourth-order valence-electron chi connectivity index (χ4n) is 6.03. The molecule has 2 atom stereocenters. The fraction of sp³-hybridized carbons (Fsp3) is 0.200. The van der Waals surface area contributed by atoms with Crippen LogP contribution >= 0.6 is 23.2 Å². The Hall–Kier alpha value is -4.62. The Kier molecular flexibility index (Phi) is 10.8. The second-order valence-corrected chi connectivity index (χ2v) is 12.5. The van der Waals surface area contributed by atoms with E-state index in [4.69, 9.17) is 42.8 Å². The first kappa shape index (κ1) is 33.3. The van der Waals surface area contributed by atoms with Crippen LogP contribution in [0.25, 0.3) is 0 Å². The molecule has 5 aromatic rings. The lowest BCUT2D eigenvalue weighted by atomic mass is 9.81. The Morgan fingerprint density at radius 3 is 2.08 bits per heavy atom. The van der Waals surface area contributed by atoms with Gasteiger partial charge in [-0.15, -0.1) is 0 Å². The molecule has 1 aliphatic heterocycles. The zero-order valence-electron chi connectivity index (χ0n) is 26.3. The van der Waals surface area contributed by atoms with Gasteiger partial charge in [0.1, 0.15) is 5.75 Å². The van der Waals surface area contributed by atoms with E-state index in [0.717, 1.165) is 16.7 Å². The van der Waals surface area contributed by atoms with Gasteiger partial charge in [-0.1, -0.05) is 120 Å². The summed E-state index contributed by atoms with van der Waals surface area (Å²) in [4.78, 5) is 20.0. The number of benzene rings is 5. The number of amides is 1. The van der Waals surface area contributed by atoms with Crippen molar-refractivity contribution in [2.45, 2.75) is 30.4 Å². The lowest BCUT2D eigenvalue weighted by Gasteiger charge is -2.32. The zero-order valence-corrected chi connectivity index (χ0v) is 27.8. The highest BCUT2D eigenvalue weighted by atomic mass is 35.5. The van der Waals surface area contributed by atoms with Crippen molar-refractivity contribution in [3.8, 4) is 5.75 Å². The van der Waals surface area contributed by atoms with Crippen molar-refractivity contribution in [2.75, 3.05) is 19.8 Å². The maximum Gasteiger partial charge on any atom is 0.252 e. The molecule has 0 aliphatic carbocycles. The molecule has 0 aromatic heterocycles. The van der Waals surface area contributed by atoms with Gasteiger partial charge >= 0.3 is 0 Å². The molecule has 1 amide bonds. The molecule has 0 spiro atoms. The predicted molar refractivity (Wildman–Crippen MR) is 191 cm³/mol. The summed E-state index contributed by atoms with van der Waals surface area (Å²) in [5.74, 6) is 0.607. The summed E-state index contributed by atoms with van der Waals surface area (Å²) in [6.45, 7) is 0.799. The first-order valence-electron chi connectivity index (χ1n) is 15.9. The number of nitrogens with zero attached hydrogens (tertiary/aromatic N) is 1. The third-order valence-corrected chi connectivity index (χ3v) is 9.02. The third kappa shape index (κ3) is 7.57. The number of rotatable bonds is 13. The van der Waals surface area contributed by atoms with Crippen molar-refractivity contribution in [1.82, 2.24) is 5.32 Å². The topological polar surface area (TPSA) is 80.2 Å². The largest absolute Gasteiger partial charge is 0.494 e. The molecular formula is C40H36Cl2N2O4. The molecule has 48 heavy (non-hydrogen) atoms. The molecule has 1 aliphatic rings. The van der Waals surface area contributed by atoms with Crippen molar-refractivity contribution in [1.29, 1.82) is 0 Å². The molecule has 6 nitrogen and oxygen atoms in total. The minimum absolute atomic E-state index is 0.0559. The molecule has 0 saturated heterocycles. The fourth-order valence-corrected chi connectivity index (χ4v) is 6.53. The van der Waals surface area contributed by atoms with Gasteiger partial charge in [0.15, 0.2) is 11.6 Å². The molecule has 5 aromatic carbocycles. The van der Waals surface area contributed by atoms with Crippen LogP contribution in [0.15, 0.2) is 138 Å². The van der Waals surface area contributed by atoms with Crippen molar-refractivity contribution in [3.63, 3.8) is 0 Å². The molecule has 6 rings (SSSR count). The smallest absolute Gasteiger partial charge is 0.252 e. The van der Waals surface area contributed by atoms with Gasteiger partial charge in [0.05, 0.1) is 6.61 Å². The summed E-state index contributed by atoms with van der Waals surface area (Å²) in [5, 5.41) is 13.3. The lowest BCUT2D eigenvalue weighted by molar-refractivity contribution is -0.129. The number of ether oxygens (including phenoxy) is 2. The van der Waals surface area contributed by atoms with Crippen LogP contribution in [0.1, 0.15) is 46.3 Å². The quantitative estimate of drug-likeness (QED) is 0.123. The van der Waals surface area contributed by atoms with Crippen molar-refractivity contribution in [3.05, 3.63) is 171 Å². The Bertz CT molecular complexity index is 1800. The van der Waals surface area contributed by atoms with E-state index in [2.05, 4.69) is 29.6 Å². The summed E-state index contributed by atoms with van der Waals surface area (Å²) in [5.41, 5.74) is 2.98. The average Bonchev–Trinajstić information content (AvgIpc) is 3.50. The van der Waals surface area contributed by atoms with Crippen LogP contribution in [0.3, 0.4) is 0 Å². The number of nitrogens with one attached hydrogen (secondary N) is 1. The number of hydrogen-bond acceptors (Lipinski definition) is 5. The summed E-state index contributed by atoms with van der Waals surface area (Å²) in [6.07, 6.45) is -0.0609. The first-order chi connectivity index (χ1) is 23.5. The summed E-state index contributed by atoms with van der Waals surface area (Å²) in [7, 11) is 0. The second-order valence-electron chi connectivity index (χ2n) is 11.7. The molecule has 0 radical (unpaired) electrons. The molecule has 244 valence electrons. The van der Waals surface area contributed by atoms with Gasteiger partial charge in [0, 0.05) is 53.1 Å². The Morgan fingerprint density at radius 2 is 1.48 bits per heavy atom. The zero-order chi connectivity index (χ0) is 33.3. The predicted octanol–water partition coefficient (Wildman–Crippen LogP) is 8.20. The van der Waals surface area contributed by atoms with Crippen LogP contribution in [-0.4, -0.2) is 42.2 Å². The van der Waals surface area contributed by atoms with Crippen LogP contribution in [0.5, 0.6) is 5.75 Å². The summed E-state index contributed by atoms with van der Waals surface area (Å²) >= 11 is 13.1. The first-order valence-corrected chi connectivity index (χ1v) is 16.7. The van der Waals surface area contributed by atoms with E-state index >= 15 is 0 Å². The van der Waals surface area contributed by atoms with Gasteiger partial charge in [0.25, 0.3) is 5.91 Å². The molecular weight excluding hydrogens is 643 g/mol. The van der Waals surface area contributed by atoms with Crippen molar-refractivity contribution in [2.24, 2.45) is 4.99 Å². The van der Waals surface area contributed by atoms with E-state index in [1.54, 1.807) is 18.2 Å². The van der Waals surface area contributed by atoms with Gasteiger partial charge in [-0.05, 0) is 53.1 Å². The normalized spacial score (nSPS) is 17.1. The maximum atomic E-state index is 14.9. The monoisotopic (exact) mass is 678 g/mol. The number of carbonyl (C=O) groups excluding carboxylic acids is 1. The van der Waals surface area contributed by atoms with Crippen LogP contribution in [0, 0.1) is 0 Å². The van der Waals surface area contributed by atoms with E-state index in [1.165, 1.54) is 0 Å². The SMILES string of the molecule is O=C(NCC(c1ccccc1)c1ccccc1)[C@]1(Cc2ccccc2)N=C(c2ccc(OCCCO)cc2)O[C@@H]1c1ccc(Cl)cc1Cl. The molecule has 0 saturated carbocycles. The molecule has 2 N–H and O–H groups in total. The maximum absolute atomic E-state index is 14.9. The molecule has 0 bridgehead atoms. The van der Waals surface area contributed by atoms with Crippen LogP contribution in [0.4, 0.5) is 0 Å². The molecule has 8 heteroatoms. The van der Waals surface area contributed by atoms with E-state index in [1.807, 2.05) is 91.0 Å². The van der Waals surface area contributed by atoms with Gasteiger partial charge in [-0.2, -0.15) is 0 Å². The molecule has 0 fully saturated rings. The number of aliphatic hydroxyl groups is 1. The minimum atomic E-state index is -1.41. The second kappa shape index (κ2) is 15.5.